The van der Waals surface area contributed by atoms with E-state index in [4.69, 9.17) is 5.73 Å². The fraction of sp³-hybridized carbons (Fsp3) is 1.00. The summed E-state index contributed by atoms with van der Waals surface area (Å²) >= 11 is 0. The first-order chi connectivity index (χ1) is 4.84. The molecule has 1 aliphatic rings. The van der Waals surface area contributed by atoms with E-state index < -0.39 is 6.17 Å². The van der Waals surface area contributed by atoms with Crippen LogP contribution >= 0.6 is 0 Å². The second-order valence-corrected chi connectivity index (χ2v) is 3.15. The normalized spacial score (nSPS) is 24.6. The Balaban J connectivity index is 2.24. The third-order valence-corrected chi connectivity index (χ3v) is 2.39. The van der Waals surface area contributed by atoms with Crippen molar-refractivity contribution in [3.05, 3.63) is 0 Å². The molecular formula is C8H16FN. The lowest BCUT2D eigenvalue weighted by atomic mass is 9.86. The van der Waals surface area contributed by atoms with Crippen molar-refractivity contribution in [3.63, 3.8) is 0 Å². The van der Waals surface area contributed by atoms with E-state index in [-0.39, 0.29) is 12.5 Å². The zero-order valence-electron chi connectivity index (χ0n) is 6.35. The molecule has 0 heterocycles. The molecule has 0 aromatic heterocycles. The average Bonchev–Trinajstić information content (AvgIpc) is 2.05. The highest BCUT2D eigenvalue weighted by atomic mass is 19.1. The molecule has 0 saturated heterocycles. The third kappa shape index (κ3) is 1.94. The summed E-state index contributed by atoms with van der Waals surface area (Å²) in [5, 5.41) is 0. The number of halogens is 1. The van der Waals surface area contributed by atoms with Crippen LogP contribution in [0, 0.1) is 5.92 Å². The van der Waals surface area contributed by atoms with Crippen LogP contribution in [0.2, 0.25) is 0 Å². The van der Waals surface area contributed by atoms with E-state index in [2.05, 4.69) is 0 Å². The summed E-state index contributed by atoms with van der Waals surface area (Å²) in [4.78, 5) is 0. The highest BCUT2D eigenvalue weighted by Crippen LogP contribution is 2.27. The standard InChI is InChI=1S/C8H16FN/c9-8(6-10)7-4-2-1-3-5-7/h7-8H,1-6,10H2/t8-/m1/s1. The smallest absolute Gasteiger partial charge is 0.115 e. The summed E-state index contributed by atoms with van der Waals surface area (Å²) < 4.78 is 12.9. The Morgan fingerprint density at radius 3 is 2.40 bits per heavy atom. The fourth-order valence-electron chi connectivity index (χ4n) is 1.69. The summed E-state index contributed by atoms with van der Waals surface area (Å²) in [6, 6.07) is 0. The van der Waals surface area contributed by atoms with Crippen LogP contribution in [0.1, 0.15) is 32.1 Å². The molecule has 1 nitrogen and oxygen atoms in total. The van der Waals surface area contributed by atoms with Gasteiger partial charge in [-0.05, 0) is 18.8 Å². The molecule has 0 unspecified atom stereocenters. The van der Waals surface area contributed by atoms with Crippen molar-refractivity contribution < 1.29 is 4.39 Å². The minimum atomic E-state index is -0.736. The topological polar surface area (TPSA) is 26.0 Å². The molecule has 2 heteroatoms. The maximum atomic E-state index is 12.9. The Morgan fingerprint density at radius 2 is 1.90 bits per heavy atom. The maximum absolute atomic E-state index is 12.9. The summed E-state index contributed by atoms with van der Waals surface area (Å²) in [5.41, 5.74) is 5.23. The lowest BCUT2D eigenvalue weighted by Crippen LogP contribution is -2.26. The number of hydrogen-bond acceptors (Lipinski definition) is 1. The van der Waals surface area contributed by atoms with Crippen LogP contribution in [0.3, 0.4) is 0 Å². The van der Waals surface area contributed by atoms with Gasteiger partial charge in [-0.15, -0.1) is 0 Å². The van der Waals surface area contributed by atoms with Crippen molar-refractivity contribution in [3.8, 4) is 0 Å². The second-order valence-electron chi connectivity index (χ2n) is 3.15. The van der Waals surface area contributed by atoms with Crippen LogP contribution < -0.4 is 5.73 Å². The summed E-state index contributed by atoms with van der Waals surface area (Å²) in [7, 11) is 0. The van der Waals surface area contributed by atoms with Gasteiger partial charge in [-0.25, -0.2) is 4.39 Å². The minimum Gasteiger partial charge on any atom is -0.328 e. The molecule has 1 atom stereocenters. The molecule has 0 bridgehead atoms. The van der Waals surface area contributed by atoms with Gasteiger partial charge in [0.1, 0.15) is 6.17 Å². The van der Waals surface area contributed by atoms with Gasteiger partial charge in [0.05, 0.1) is 0 Å². The molecule has 2 N–H and O–H groups in total. The molecule has 1 rings (SSSR count). The van der Waals surface area contributed by atoms with Gasteiger partial charge in [0, 0.05) is 6.54 Å². The van der Waals surface area contributed by atoms with Gasteiger partial charge in [0.2, 0.25) is 0 Å². The van der Waals surface area contributed by atoms with Crippen molar-refractivity contribution in [1.82, 2.24) is 0 Å². The first-order valence-electron chi connectivity index (χ1n) is 4.18. The fourth-order valence-corrected chi connectivity index (χ4v) is 1.69. The summed E-state index contributed by atoms with van der Waals surface area (Å²) in [6.45, 7) is 0.213. The van der Waals surface area contributed by atoms with E-state index in [9.17, 15) is 4.39 Å². The predicted molar refractivity (Wildman–Crippen MR) is 40.5 cm³/mol. The van der Waals surface area contributed by atoms with Crippen molar-refractivity contribution >= 4 is 0 Å². The first-order valence-corrected chi connectivity index (χ1v) is 4.18. The van der Waals surface area contributed by atoms with Gasteiger partial charge in [-0.1, -0.05) is 19.3 Å². The van der Waals surface area contributed by atoms with Crippen LogP contribution in [0.4, 0.5) is 4.39 Å². The van der Waals surface area contributed by atoms with Crippen molar-refractivity contribution in [2.24, 2.45) is 11.7 Å². The highest BCUT2D eigenvalue weighted by molar-refractivity contribution is 4.73. The Morgan fingerprint density at radius 1 is 1.30 bits per heavy atom. The van der Waals surface area contributed by atoms with E-state index in [1.54, 1.807) is 0 Å². The Kier molecular flexibility index (Phi) is 3.13. The summed E-state index contributed by atoms with van der Waals surface area (Å²) in [6.07, 6.45) is 5.06. The molecular weight excluding hydrogens is 129 g/mol. The van der Waals surface area contributed by atoms with Gasteiger partial charge >= 0.3 is 0 Å². The van der Waals surface area contributed by atoms with Crippen LogP contribution in [-0.4, -0.2) is 12.7 Å². The minimum absolute atomic E-state index is 0.213. The van der Waals surface area contributed by atoms with E-state index in [1.165, 1.54) is 19.3 Å². The van der Waals surface area contributed by atoms with E-state index >= 15 is 0 Å². The van der Waals surface area contributed by atoms with Crippen molar-refractivity contribution in [2.45, 2.75) is 38.3 Å². The Bertz CT molecular complexity index is 89.3. The van der Waals surface area contributed by atoms with Crippen LogP contribution in [0.5, 0.6) is 0 Å². The Hall–Kier alpha value is -0.110. The van der Waals surface area contributed by atoms with Crippen molar-refractivity contribution in [1.29, 1.82) is 0 Å². The lowest BCUT2D eigenvalue weighted by Gasteiger charge is -2.23. The van der Waals surface area contributed by atoms with Crippen molar-refractivity contribution in [2.75, 3.05) is 6.54 Å². The molecule has 0 spiro atoms. The SMILES string of the molecule is NC[C@@H](F)C1CCCCC1. The molecule has 0 aliphatic heterocycles. The van der Waals surface area contributed by atoms with Gasteiger partial charge in [0.25, 0.3) is 0 Å². The highest BCUT2D eigenvalue weighted by Gasteiger charge is 2.21. The summed E-state index contributed by atoms with van der Waals surface area (Å²) in [5.74, 6) is 0.277. The zero-order chi connectivity index (χ0) is 7.40. The molecule has 10 heavy (non-hydrogen) atoms. The van der Waals surface area contributed by atoms with Gasteiger partial charge < -0.3 is 5.73 Å². The third-order valence-electron chi connectivity index (χ3n) is 2.39. The van der Waals surface area contributed by atoms with E-state index in [0.717, 1.165) is 12.8 Å². The van der Waals surface area contributed by atoms with Crippen LogP contribution in [0.15, 0.2) is 0 Å². The predicted octanol–water partition coefficient (Wildman–Crippen LogP) is 1.86. The number of hydrogen-bond donors (Lipinski definition) is 1. The molecule has 0 amide bonds. The number of alkyl halides is 1. The van der Waals surface area contributed by atoms with Gasteiger partial charge in [0.15, 0.2) is 0 Å². The maximum Gasteiger partial charge on any atom is 0.115 e. The Labute approximate surface area is 61.8 Å². The quantitative estimate of drug-likeness (QED) is 0.630. The lowest BCUT2D eigenvalue weighted by molar-refractivity contribution is 0.187. The molecule has 60 valence electrons. The van der Waals surface area contributed by atoms with Crippen LogP contribution in [-0.2, 0) is 0 Å². The second kappa shape index (κ2) is 3.91. The van der Waals surface area contributed by atoms with E-state index in [0.29, 0.717) is 0 Å². The molecule has 0 aromatic rings. The van der Waals surface area contributed by atoms with E-state index in [1.807, 2.05) is 0 Å². The monoisotopic (exact) mass is 145 g/mol. The number of rotatable bonds is 2. The molecule has 1 saturated carbocycles. The number of nitrogens with two attached hydrogens (primary N) is 1. The molecule has 0 radical (unpaired) electrons. The van der Waals surface area contributed by atoms with Gasteiger partial charge in [-0.2, -0.15) is 0 Å². The average molecular weight is 145 g/mol. The first kappa shape index (κ1) is 7.99. The largest absolute Gasteiger partial charge is 0.328 e. The van der Waals surface area contributed by atoms with Crippen LogP contribution in [0.25, 0.3) is 0 Å². The molecule has 1 fully saturated rings. The molecule has 0 aromatic carbocycles. The van der Waals surface area contributed by atoms with Gasteiger partial charge in [-0.3, -0.25) is 0 Å². The zero-order valence-corrected chi connectivity index (χ0v) is 6.35. The molecule has 1 aliphatic carbocycles.